The average Bonchev–Trinajstić information content (AvgIpc) is 2.14. The largest absolute Gasteiger partial charge is 0.469 e. The maximum atomic E-state index is 10.2. The van der Waals surface area contributed by atoms with Crippen molar-refractivity contribution in [3.63, 3.8) is 0 Å². The minimum Gasteiger partial charge on any atom is -0.379 e. The molecule has 0 amide bonds. The second-order valence-corrected chi connectivity index (χ2v) is 4.14. The third kappa shape index (κ3) is 14.0. The van der Waals surface area contributed by atoms with E-state index in [1.54, 1.807) is 0 Å². The van der Waals surface area contributed by atoms with Crippen LogP contribution in [0.15, 0.2) is 0 Å². The zero-order valence-electron chi connectivity index (χ0n) is 8.92. The van der Waals surface area contributed by atoms with Gasteiger partial charge in [0.15, 0.2) is 0 Å². The summed E-state index contributed by atoms with van der Waals surface area (Å²) in [6.45, 7) is 3.75. The Bertz CT molecular complexity index is 180. The Morgan fingerprint density at radius 3 is 2.07 bits per heavy atom. The summed E-state index contributed by atoms with van der Waals surface area (Å²) in [6, 6.07) is 0. The molecule has 6 nitrogen and oxygen atoms in total. The Morgan fingerprint density at radius 2 is 1.53 bits per heavy atom. The molecule has 0 spiro atoms. The summed E-state index contributed by atoms with van der Waals surface area (Å²) in [5, 5.41) is 0. The number of unbranched alkanes of at least 4 members (excludes halogenated alkanes) is 1. The van der Waals surface area contributed by atoms with Crippen LogP contribution in [0.5, 0.6) is 0 Å². The van der Waals surface area contributed by atoms with Gasteiger partial charge >= 0.3 is 7.82 Å². The highest BCUT2D eigenvalue weighted by Gasteiger charge is 2.12. The molecule has 0 saturated carbocycles. The molecule has 0 rings (SSSR count). The van der Waals surface area contributed by atoms with E-state index in [1.165, 1.54) is 0 Å². The van der Waals surface area contributed by atoms with Crippen molar-refractivity contribution in [2.24, 2.45) is 0 Å². The van der Waals surface area contributed by atoms with Crippen LogP contribution in [0.4, 0.5) is 0 Å². The highest BCUT2D eigenvalue weighted by Crippen LogP contribution is 2.35. The van der Waals surface area contributed by atoms with Crippen LogP contribution in [-0.4, -0.2) is 42.8 Å². The lowest BCUT2D eigenvalue weighted by molar-refractivity contribution is 0.0315. The van der Waals surface area contributed by atoms with Gasteiger partial charge in [-0.2, -0.15) is 0 Å². The second kappa shape index (κ2) is 9.27. The first kappa shape index (κ1) is 15.0. The number of phosphoric acid groups is 1. The zero-order valence-corrected chi connectivity index (χ0v) is 9.82. The first-order valence-electron chi connectivity index (χ1n) is 4.92. The van der Waals surface area contributed by atoms with Crippen LogP contribution in [-0.2, 0) is 18.6 Å². The molecule has 0 aromatic rings. The van der Waals surface area contributed by atoms with E-state index in [4.69, 9.17) is 19.3 Å². The van der Waals surface area contributed by atoms with E-state index in [9.17, 15) is 4.57 Å². The van der Waals surface area contributed by atoms with E-state index in [1.807, 2.05) is 0 Å². The van der Waals surface area contributed by atoms with E-state index < -0.39 is 7.82 Å². The second-order valence-electron chi connectivity index (χ2n) is 2.90. The molecular formula is C8H19O6P. The first-order valence-corrected chi connectivity index (χ1v) is 6.45. The molecule has 0 aromatic heterocycles. The molecule has 7 heteroatoms. The molecule has 0 aromatic carbocycles. The molecule has 92 valence electrons. The standard InChI is InChI=1S/C8H19O6P/c1-2-3-4-12-5-6-13-7-8-14-15(9,10)11/h2-8H2,1H3,(H2,9,10,11). The van der Waals surface area contributed by atoms with E-state index in [2.05, 4.69) is 11.4 Å². The van der Waals surface area contributed by atoms with Gasteiger partial charge in [0, 0.05) is 6.61 Å². The fourth-order valence-electron chi connectivity index (χ4n) is 0.783. The highest BCUT2D eigenvalue weighted by molar-refractivity contribution is 7.46. The summed E-state index contributed by atoms with van der Waals surface area (Å²) in [5.41, 5.74) is 0. The van der Waals surface area contributed by atoms with Crippen molar-refractivity contribution in [3.05, 3.63) is 0 Å². The van der Waals surface area contributed by atoms with Crippen molar-refractivity contribution in [1.82, 2.24) is 0 Å². The molecule has 0 saturated heterocycles. The monoisotopic (exact) mass is 242 g/mol. The molecular weight excluding hydrogens is 223 g/mol. The van der Waals surface area contributed by atoms with Crippen molar-refractivity contribution >= 4 is 7.82 Å². The molecule has 15 heavy (non-hydrogen) atoms. The number of hydrogen-bond acceptors (Lipinski definition) is 4. The lowest BCUT2D eigenvalue weighted by atomic mass is 10.4. The van der Waals surface area contributed by atoms with Gasteiger partial charge in [-0.3, -0.25) is 4.52 Å². The van der Waals surface area contributed by atoms with Gasteiger partial charge in [0.05, 0.1) is 26.4 Å². The molecule has 0 atom stereocenters. The van der Waals surface area contributed by atoms with Crippen LogP contribution in [0.1, 0.15) is 19.8 Å². The predicted molar refractivity (Wildman–Crippen MR) is 54.5 cm³/mol. The van der Waals surface area contributed by atoms with E-state index in [0.29, 0.717) is 13.2 Å². The van der Waals surface area contributed by atoms with Crippen LogP contribution >= 0.6 is 7.82 Å². The first-order chi connectivity index (χ1) is 7.06. The Labute approximate surface area is 89.8 Å². The third-order valence-electron chi connectivity index (χ3n) is 1.50. The fraction of sp³-hybridized carbons (Fsp3) is 1.00. The van der Waals surface area contributed by atoms with E-state index >= 15 is 0 Å². The summed E-state index contributed by atoms with van der Waals surface area (Å²) in [7, 11) is -4.35. The SMILES string of the molecule is CCCCOCCOCCOP(=O)(O)O. The third-order valence-corrected chi connectivity index (χ3v) is 2.02. The number of hydrogen-bond donors (Lipinski definition) is 2. The maximum absolute atomic E-state index is 10.2. The van der Waals surface area contributed by atoms with Gasteiger partial charge in [-0.25, -0.2) is 4.57 Å². The van der Waals surface area contributed by atoms with Crippen molar-refractivity contribution in [2.75, 3.05) is 33.0 Å². The summed E-state index contributed by atoms with van der Waals surface area (Å²) in [4.78, 5) is 16.7. The van der Waals surface area contributed by atoms with Crippen molar-refractivity contribution in [2.45, 2.75) is 19.8 Å². The molecule has 0 fully saturated rings. The molecule has 0 radical (unpaired) electrons. The lowest BCUT2D eigenvalue weighted by Crippen LogP contribution is -2.09. The molecule has 0 aliphatic rings. The molecule has 0 unspecified atom stereocenters. The maximum Gasteiger partial charge on any atom is 0.469 e. The highest BCUT2D eigenvalue weighted by atomic mass is 31.2. The Balaban J connectivity index is 3.02. The van der Waals surface area contributed by atoms with Gasteiger partial charge in [-0.1, -0.05) is 13.3 Å². The van der Waals surface area contributed by atoms with Crippen molar-refractivity contribution in [1.29, 1.82) is 0 Å². The van der Waals surface area contributed by atoms with Crippen LogP contribution in [0.25, 0.3) is 0 Å². The lowest BCUT2D eigenvalue weighted by Gasteiger charge is -2.06. The van der Waals surface area contributed by atoms with Crippen LogP contribution in [0.2, 0.25) is 0 Å². The van der Waals surface area contributed by atoms with Gasteiger partial charge in [0.2, 0.25) is 0 Å². The van der Waals surface area contributed by atoms with Crippen molar-refractivity contribution < 1.29 is 28.3 Å². The number of rotatable bonds is 10. The molecule has 0 heterocycles. The Hall–Kier alpha value is 0.0300. The fourth-order valence-corrected chi connectivity index (χ4v) is 1.10. The molecule has 2 N–H and O–H groups in total. The van der Waals surface area contributed by atoms with Gasteiger partial charge in [-0.05, 0) is 6.42 Å². The summed E-state index contributed by atoms with van der Waals surface area (Å²) in [6.07, 6.45) is 2.12. The smallest absolute Gasteiger partial charge is 0.379 e. The minimum absolute atomic E-state index is 0.112. The Morgan fingerprint density at radius 1 is 1.00 bits per heavy atom. The van der Waals surface area contributed by atoms with Crippen LogP contribution < -0.4 is 0 Å². The van der Waals surface area contributed by atoms with E-state index in [0.717, 1.165) is 19.4 Å². The topological polar surface area (TPSA) is 85.2 Å². The van der Waals surface area contributed by atoms with Gasteiger partial charge < -0.3 is 19.3 Å². The summed E-state index contributed by atoms with van der Waals surface area (Å²) >= 11 is 0. The average molecular weight is 242 g/mol. The minimum atomic E-state index is -4.35. The number of ether oxygens (including phenoxy) is 2. The van der Waals surface area contributed by atoms with Crippen molar-refractivity contribution in [3.8, 4) is 0 Å². The van der Waals surface area contributed by atoms with Gasteiger partial charge in [0.1, 0.15) is 0 Å². The molecule has 0 bridgehead atoms. The summed E-state index contributed by atoms with van der Waals surface area (Å²) in [5.74, 6) is 0. The normalized spacial score (nSPS) is 11.9. The zero-order chi connectivity index (χ0) is 11.6. The van der Waals surface area contributed by atoms with Gasteiger partial charge in [-0.15, -0.1) is 0 Å². The molecule has 0 aliphatic carbocycles. The van der Waals surface area contributed by atoms with Crippen LogP contribution in [0.3, 0.4) is 0 Å². The van der Waals surface area contributed by atoms with Gasteiger partial charge in [0.25, 0.3) is 0 Å². The number of phosphoric ester groups is 1. The molecule has 0 aliphatic heterocycles. The van der Waals surface area contributed by atoms with E-state index in [-0.39, 0.29) is 13.2 Å². The quantitative estimate of drug-likeness (QED) is 0.438. The Kier molecular flexibility index (Phi) is 9.29. The van der Waals surface area contributed by atoms with Crippen LogP contribution in [0, 0.1) is 0 Å². The summed E-state index contributed by atoms with van der Waals surface area (Å²) < 4.78 is 24.6. The predicted octanol–water partition coefficient (Wildman–Crippen LogP) is 0.929.